The minimum Gasteiger partial charge on any atom is -0.329 e. The van der Waals surface area contributed by atoms with Gasteiger partial charge in [0.15, 0.2) is 6.29 Å². The van der Waals surface area contributed by atoms with Gasteiger partial charge < -0.3 is 4.57 Å². The molecular formula is C10H14N2O. The van der Waals surface area contributed by atoms with Crippen LogP contribution in [0, 0.1) is 6.92 Å². The highest BCUT2D eigenvalue weighted by Gasteiger charge is 2.21. The molecule has 13 heavy (non-hydrogen) atoms. The van der Waals surface area contributed by atoms with E-state index in [9.17, 15) is 4.79 Å². The maximum atomic E-state index is 10.7. The summed E-state index contributed by atoms with van der Waals surface area (Å²) >= 11 is 0. The molecular weight excluding hydrogens is 164 g/mol. The van der Waals surface area contributed by atoms with Gasteiger partial charge in [0.05, 0.1) is 0 Å². The molecule has 0 spiro atoms. The predicted molar refractivity (Wildman–Crippen MR) is 50.0 cm³/mol. The van der Waals surface area contributed by atoms with Crippen LogP contribution in [0.4, 0.5) is 0 Å². The Morgan fingerprint density at radius 2 is 2.38 bits per heavy atom. The van der Waals surface area contributed by atoms with Gasteiger partial charge in [-0.3, -0.25) is 4.79 Å². The third kappa shape index (κ3) is 1.19. The largest absolute Gasteiger partial charge is 0.329 e. The summed E-state index contributed by atoms with van der Waals surface area (Å²) in [7, 11) is 0. The van der Waals surface area contributed by atoms with Crippen LogP contribution in [0.5, 0.6) is 0 Å². The average Bonchev–Trinajstić information content (AvgIpc) is 2.44. The first-order valence-electron chi connectivity index (χ1n) is 4.77. The number of fused-ring (bicyclic) bond motifs is 1. The molecule has 3 heteroatoms. The van der Waals surface area contributed by atoms with Crippen molar-refractivity contribution in [2.24, 2.45) is 0 Å². The van der Waals surface area contributed by atoms with Gasteiger partial charge in [0.2, 0.25) is 0 Å². The van der Waals surface area contributed by atoms with Crippen LogP contribution in [0.3, 0.4) is 0 Å². The van der Waals surface area contributed by atoms with Crippen molar-refractivity contribution in [2.75, 3.05) is 0 Å². The van der Waals surface area contributed by atoms with Gasteiger partial charge in [-0.15, -0.1) is 0 Å². The van der Waals surface area contributed by atoms with Gasteiger partial charge in [0, 0.05) is 18.2 Å². The summed E-state index contributed by atoms with van der Waals surface area (Å²) in [6.07, 6.45) is 4.25. The Morgan fingerprint density at radius 3 is 3.00 bits per heavy atom. The number of carbonyl (C=O) groups is 1. The Hall–Kier alpha value is -1.12. The fourth-order valence-corrected chi connectivity index (χ4v) is 2.15. The molecule has 0 saturated heterocycles. The molecule has 1 aliphatic heterocycles. The van der Waals surface area contributed by atoms with Crippen molar-refractivity contribution in [1.82, 2.24) is 9.55 Å². The number of imidazole rings is 1. The summed E-state index contributed by atoms with van der Waals surface area (Å²) in [5, 5.41) is 0. The topological polar surface area (TPSA) is 34.9 Å². The Bertz CT molecular complexity index is 341. The summed E-state index contributed by atoms with van der Waals surface area (Å²) in [6.45, 7) is 4.16. The lowest BCUT2D eigenvalue weighted by molar-refractivity contribution is 0.111. The van der Waals surface area contributed by atoms with Crippen LogP contribution in [0.2, 0.25) is 0 Å². The lowest BCUT2D eigenvalue weighted by Crippen LogP contribution is -2.16. The molecule has 3 nitrogen and oxygen atoms in total. The monoisotopic (exact) mass is 178 g/mol. The van der Waals surface area contributed by atoms with Crippen LogP contribution in [0.1, 0.15) is 47.8 Å². The summed E-state index contributed by atoms with van der Waals surface area (Å²) in [5.74, 6) is 1.08. The van der Waals surface area contributed by atoms with Crippen LogP contribution in [0.25, 0.3) is 0 Å². The van der Waals surface area contributed by atoms with Crippen molar-refractivity contribution in [2.45, 2.75) is 39.2 Å². The van der Waals surface area contributed by atoms with E-state index in [0.29, 0.717) is 11.7 Å². The van der Waals surface area contributed by atoms with Gasteiger partial charge in [-0.2, -0.15) is 0 Å². The molecule has 1 aromatic rings. The van der Waals surface area contributed by atoms with E-state index in [1.54, 1.807) is 0 Å². The summed E-state index contributed by atoms with van der Waals surface area (Å²) in [4.78, 5) is 15.0. The highest BCUT2D eigenvalue weighted by molar-refractivity contribution is 5.73. The Balaban J connectivity index is 2.55. The Labute approximate surface area is 77.8 Å². The van der Waals surface area contributed by atoms with E-state index in [4.69, 9.17) is 0 Å². The predicted octanol–water partition coefficient (Wildman–Crippen LogP) is 1.90. The Kier molecular flexibility index (Phi) is 1.94. The first kappa shape index (κ1) is 8.48. The third-order valence-electron chi connectivity index (χ3n) is 2.83. The second-order valence-electron chi connectivity index (χ2n) is 3.73. The van der Waals surface area contributed by atoms with Crippen LogP contribution < -0.4 is 0 Å². The average molecular weight is 178 g/mol. The molecule has 0 fully saturated rings. The van der Waals surface area contributed by atoms with Crippen molar-refractivity contribution in [3.63, 3.8) is 0 Å². The van der Waals surface area contributed by atoms with Gasteiger partial charge in [0.1, 0.15) is 11.5 Å². The molecule has 1 aliphatic rings. The van der Waals surface area contributed by atoms with E-state index in [2.05, 4.69) is 16.5 Å². The zero-order valence-corrected chi connectivity index (χ0v) is 8.08. The highest BCUT2D eigenvalue weighted by Crippen LogP contribution is 2.26. The second-order valence-corrected chi connectivity index (χ2v) is 3.73. The molecule has 0 aromatic carbocycles. The van der Waals surface area contributed by atoms with E-state index in [1.165, 1.54) is 12.8 Å². The molecule has 2 rings (SSSR count). The summed E-state index contributed by atoms with van der Waals surface area (Å²) in [6, 6.07) is 0.505. The zero-order valence-electron chi connectivity index (χ0n) is 8.08. The number of rotatable bonds is 1. The van der Waals surface area contributed by atoms with E-state index in [-0.39, 0.29) is 0 Å². The van der Waals surface area contributed by atoms with Crippen LogP contribution in [-0.4, -0.2) is 15.8 Å². The molecule has 0 aliphatic carbocycles. The normalized spacial score (nSPS) is 21.2. The van der Waals surface area contributed by atoms with Crippen LogP contribution in [0.15, 0.2) is 0 Å². The molecule has 70 valence electrons. The maximum Gasteiger partial charge on any atom is 0.170 e. The maximum absolute atomic E-state index is 10.7. The standard InChI is InChI=1S/C10H14N2O/c1-7-4-3-5-10-11-9(6-13)8(2)12(7)10/h6-7H,3-5H2,1-2H3. The van der Waals surface area contributed by atoms with Gasteiger partial charge >= 0.3 is 0 Å². The first-order chi connectivity index (χ1) is 6.24. The minimum atomic E-state index is 0.505. The number of aldehydes is 1. The molecule has 0 amide bonds. The number of hydrogen-bond acceptors (Lipinski definition) is 2. The summed E-state index contributed by atoms with van der Waals surface area (Å²) < 4.78 is 2.20. The molecule has 0 radical (unpaired) electrons. The molecule has 1 aromatic heterocycles. The van der Waals surface area contributed by atoms with Gasteiger partial charge in [0.25, 0.3) is 0 Å². The van der Waals surface area contributed by atoms with Crippen LogP contribution >= 0.6 is 0 Å². The Morgan fingerprint density at radius 1 is 1.62 bits per heavy atom. The smallest absolute Gasteiger partial charge is 0.170 e. The van der Waals surface area contributed by atoms with Crippen molar-refractivity contribution >= 4 is 6.29 Å². The van der Waals surface area contributed by atoms with Crippen LogP contribution in [-0.2, 0) is 6.42 Å². The van der Waals surface area contributed by atoms with Gasteiger partial charge in [-0.25, -0.2) is 4.98 Å². The quantitative estimate of drug-likeness (QED) is 0.615. The second kappa shape index (κ2) is 2.98. The molecule has 1 unspecified atom stereocenters. The van der Waals surface area contributed by atoms with E-state index in [1.807, 2.05) is 6.92 Å². The van der Waals surface area contributed by atoms with Crippen molar-refractivity contribution in [3.05, 3.63) is 17.2 Å². The van der Waals surface area contributed by atoms with Gasteiger partial charge in [-0.05, 0) is 26.7 Å². The SMILES string of the molecule is Cc1c(C=O)nc2n1C(C)CCC2. The van der Waals surface area contributed by atoms with E-state index in [0.717, 1.165) is 24.2 Å². The fourth-order valence-electron chi connectivity index (χ4n) is 2.15. The number of aryl methyl sites for hydroxylation is 1. The van der Waals surface area contributed by atoms with E-state index >= 15 is 0 Å². The lowest BCUT2D eigenvalue weighted by Gasteiger charge is -2.22. The molecule has 0 saturated carbocycles. The molecule has 2 heterocycles. The summed E-state index contributed by atoms with van der Waals surface area (Å²) in [5.41, 5.74) is 1.64. The zero-order chi connectivity index (χ0) is 9.42. The number of carbonyl (C=O) groups excluding carboxylic acids is 1. The first-order valence-corrected chi connectivity index (χ1v) is 4.77. The minimum absolute atomic E-state index is 0.505. The van der Waals surface area contributed by atoms with Gasteiger partial charge in [-0.1, -0.05) is 0 Å². The van der Waals surface area contributed by atoms with E-state index < -0.39 is 0 Å². The third-order valence-corrected chi connectivity index (χ3v) is 2.83. The highest BCUT2D eigenvalue weighted by atomic mass is 16.1. The number of hydrogen-bond donors (Lipinski definition) is 0. The molecule has 0 bridgehead atoms. The van der Waals surface area contributed by atoms with Crippen molar-refractivity contribution in [3.8, 4) is 0 Å². The molecule has 0 N–H and O–H groups in total. The number of aromatic nitrogens is 2. The fraction of sp³-hybridized carbons (Fsp3) is 0.600. The molecule has 1 atom stereocenters. The number of nitrogens with zero attached hydrogens (tertiary/aromatic N) is 2. The van der Waals surface area contributed by atoms with Crippen molar-refractivity contribution in [1.29, 1.82) is 0 Å². The van der Waals surface area contributed by atoms with Crippen molar-refractivity contribution < 1.29 is 4.79 Å². The lowest BCUT2D eigenvalue weighted by atomic mass is 10.1.